The van der Waals surface area contributed by atoms with Crippen molar-refractivity contribution in [1.82, 2.24) is 4.98 Å². The SMILES string of the molecule is CCCCCCCCCCCCCCCC[C@H](CO)Oc1ccc(C#N)cn1. The van der Waals surface area contributed by atoms with Crippen LogP contribution in [0.4, 0.5) is 0 Å². The van der Waals surface area contributed by atoms with Gasteiger partial charge in [0.1, 0.15) is 12.2 Å². The molecule has 1 N–H and O–H groups in total. The van der Waals surface area contributed by atoms with E-state index in [1.807, 2.05) is 6.07 Å². The van der Waals surface area contributed by atoms with E-state index in [9.17, 15) is 5.11 Å². The zero-order valence-corrected chi connectivity index (χ0v) is 17.9. The Hall–Kier alpha value is -1.60. The van der Waals surface area contributed by atoms with Gasteiger partial charge >= 0.3 is 0 Å². The van der Waals surface area contributed by atoms with Gasteiger partial charge in [-0.1, -0.05) is 90.4 Å². The van der Waals surface area contributed by atoms with Gasteiger partial charge in [0.15, 0.2) is 0 Å². The summed E-state index contributed by atoms with van der Waals surface area (Å²) in [6.07, 6.45) is 20.9. The topological polar surface area (TPSA) is 66.1 Å². The van der Waals surface area contributed by atoms with Crippen LogP contribution < -0.4 is 4.74 Å². The monoisotopic (exact) mass is 388 g/mol. The molecule has 4 nitrogen and oxygen atoms in total. The molecule has 0 spiro atoms. The highest BCUT2D eigenvalue weighted by Crippen LogP contribution is 2.16. The molecule has 1 heterocycles. The van der Waals surface area contributed by atoms with Crippen molar-refractivity contribution in [2.75, 3.05) is 6.61 Å². The van der Waals surface area contributed by atoms with Crippen molar-refractivity contribution >= 4 is 0 Å². The molecule has 4 heteroatoms. The Balaban J connectivity index is 1.93. The minimum atomic E-state index is -0.210. The fourth-order valence-corrected chi connectivity index (χ4v) is 3.44. The third-order valence-electron chi connectivity index (χ3n) is 5.24. The van der Waals surface area contributed by atoms with Crippen molar-refractivity contribution in [2.24, 2.45) is 0 Å². The van der Waals surface area contributed by atoms with E-state index in [-0.39, 0.29) is 12.7 Å². The third-order valence-corrected chi connectivity index (χ3v) is 5.24. The highest BCUT2D eigenvalue weighted by atomic mass is 16.5. The lowest BCUT2D eigenvalue weighted by Gasteiger charge is -2.16. The van der Waals surface area contributed by atoms with Crippen LogP contribution in [0.25, 0.3) is 0 Å². The fraction of sp³-hybridized carbons (Fsp3) is 0.750. The third kappa shape index (κ3) is 12.7. The molecule has 0 saturated heterocycles. The Kier molecular flexibility index (Phi) is 15.3. The Labute approximate surface area is 172 Å². The Morgan fingerprint density at radius 2 is 1.43 bits per heavy atom. The largest absolute Gasteiger partial charge is 0.472 e. The molecule has 0 unspecified atom stereocenters. The molecule has 1 atom stereocenters. The van der Waals surface area contributed by atoms with Crippen molar-refractivity contribution in [3.63, 3.8) is 0 Å². The number of hydrogen-bond acceptors (Lipinski definition) is 4. The lowest BCUT2D eigenvalue weighted by atomic mass is 10.0. The molecule has 1 rings (SSSR count). The number of pyridine rings is 1. The summed E-state index contributed by atoms with van der Waals surface area (Å²) in [5.41, 5.74) is 0.514. The minimum absolute atomic E-state index is 0.000125. The maximum atomic E-state index is 9.49. The molecule has 0 radical (unpaired) electrons. The van der Waals surface area contributed by atoms with Gasteiger partial charge in [0, 0.05) is 12.3 Å². The summed E-state index contributed by atoms with van der Waals surface area (Å²) in [4.78, 5) is 4.10. The minimum Gasteiger partial charge on any atom is -0.472 e. The molecule has 0 fully saturated rings. The smallest absolute Gasteiger partial charge is 0.213 e. The van der Waals surface area contributed by atoms with Gasteiger partial charge in [0.25, 0.3) is 0 Å². The molecule has 0 aliphatic carbocycles. The van der Waals surface area contributed by atoms with Crippen LogP contribution in [0.1, 0.15) is 109 Å². The summed E-state index contributed by atoms with van der Waals surface area (Å²) in [5, 5.41) is 18.3. The lowest BCUT2D eigenvalue weighted by Crippen LogP contribution is -2.21. The molecule has 1 aromatic heterocycles. The number of nitriles is 1. The van der Waals surface area contributed by atoms with Gasteiger partial charge in [-0.15, -0.1) is 0 Å². The molecular formula is C24H40N2O2. The molecule has 0 aliphatic rings. The van der Waals surface area contributed by atoms with Gasteiger partial charge in [-0.2, -0.15) is 5.26 Å². The summed E-state index contributed by atoms with van der Waals surface area (Å²) in [6.45, 7) is 2.27. The van der Waals surface area contributed by atoms with Gasteiger partial charge in [0.05, 0.1) is 12.2 Å². The van der Waals surface area contributed by atoms with Gasteiger partial charge in [-0.25, -0.2) is 4.98 Å². The van der Waals surface area contributed by atoms with E-state index in [0.29, 0.717) is 11.4 Å². The second-order valence-electron chi connectivity index (χ2n) is 7.80. The first-order valence-corrected chi connectivity index (χ1v) is 11.4. The van der Waals surface area contributed by atoms with Gasteiger partial charge in [0.2, 0.25) is 5.88 Å². The molecule has 0 saturated carbocycles. The number of hydrogen-bond donors (Lipinski definition) is 1. The van der Waals surface area contributed by atoms with Crippen LogP contribution in [0.5, 0.6) is 5.88 Å². The van der Waals surface area contributed by atoms with Crippen LogP contribution in [0, 0.1) is 11.3 Å². The van der Waals surface area contributed by atoms with Crippen LogP contribution in [0.3, 0.4) is 0 Å². The molecule has 28 heavy (non-hydrogen) atoms. The van der Waals surface area contributed by atoms with Crippen molar-refractivity contribution < 1.29 is 9.84 Å². The maximum absolute atomic E-state index is 9.49. The normalized spacial score (nSPS) is 11.9. The number of ether oxygens (including phenoxy) is 1. The Bertz CT molecular complexity index is 510. The van der Waals surface area contributed by atoms with Crippen molar-refractivity contribution in [3.8, 4) is 11.9 Å². The number of nitrogens with zero attached hydrogens (tertiary/aromatic N) is 2. The van der Waals surface area contributed by atoms with Crippen LogP contribution in [0.2, 0.25) is 0 Å². The van der Waals surface area contributed by atoms with Gasteiger partial charge < -0.3 is 9.84 Å². The summed E-state index contributed by atoms with van der Waals surface area (Å²) >= 11 is 0. The van der Waals surface area contributed by atoms with E-state index in [1.165, 1.54) is 89.7 Å². The van der Waals surface area contributed by atoms with Crippen molar-refractivity contribution in [3.05, 3.63) is 23.9 Å². The molecule has 0 amide bonds. The number of rotatable bonds is 18. The zero-order valence-electron chi connectivity index (χ0n) is 17.9. The maximum Gasteiger partial charge on any atom is 0.213 e. The Morgan fingerprint density at radius 1 is 0.893 bits per heavy atom. The van der Waals surface area contributed by atoms with E-state index in [4.69, 9.17) is 10.00 Å². The zero-order chi connectivity index (χ0) is 20.3. The predicted molar refractivity (Wildman–Crippen MR) is 115 cm³/mol. The van der Waals surface area contributed by atoms with Crippen molar-refractivity contribution in [1.29, 1.82) is 5.26 Å². The second-order valence-corrected chi connectivity index (χ2v) is 7.80. The first kappa shape index (κ1) is 24.4. The van der Waals surface area contributed by atoms with E-state index in [0.717, 1.165) is 12.8 Å². The van der Waals surface area contributed by atoms with Crippen LogP contribution >= 0.6 is 0 Å². The van der Waals surface area contributed by atoms with E-state index in [1.54, 1.807) is 12.1 Å². The highest BCUT2D eigenvalue weighted by Gasteiger charge is 2.10. The predicted octanol–water partition coefficient (Wildman–Crippen LogP) is 6.56. The standard InChI is InChI=1S/C24H40N2O2/c1-2-3-4-5-6-7-8-9-10-11-12-13-14-15-16-23(21-27)28-24-18-17-22(19-25)20-26-24/h17-18,20,23,27H,2-16,21H2,1H3/t23-/m1/s1. The quantitative estimate of drug-likeness (QED) is 0.289. The Morgan fingerprint density at radius 3 is 1.86 bits per heavy atom. The van der Waals surface area contributed by atoms with Crippen molar-refractivity contribution in [2.45, 2.75) is 109 Å². The average molecular weight is 389 g/mol. The molecule has 0 aliphatic heterocycles. The van der Waals surface area contributed by atoms with Gasteiger partial charge in [-0.05, 0) is 18.9 Å². The summed E-state index contributed by atoms with van der Waals surface area (Å²) in [6, 6.07) is 5.41. The second kappa shape index (κ2) is 17.5. The van der Waals surface area contributed by atoms with E-state index < -0.39 is 0 Å². The van der Waals surface area contributed by atoms with Gasteiger partial charge in [-0.3, -0.25) is 0 Å². The fourth-order valence-electron chi connectivity index (χ4n) is 3.44. The van der Waals surface area contributed by atoms with Crippen LogP contribution in [-0.4, -0.2) is 22.8 Å². The number of aliphatic hydroxyl groups excluding tert-OH is 1. The number of unbranched alkanes of at least 4 members (excludes halogenated alkanes) is 13. The average Bonchev–Trinajstić information content (AvgIpc) is 2.73. The van der Waals surface area contributed by atoms with Crippen LogP contribution in [0.15, 0.2) is 18.3 Å². The molecule has 0 aromatic carbocycles. The van der Waals surface area contributed by atoms with Crippen LogP contribution in [-0.2, 0) is 0 Å². The number of aliphatic hydroxyl groups is 1. The molecule has 1 aromatic rings. The lowest BCUT2D eigenvalue weighted by molar-refractivity contribution is 0.102. The number of aromatic nitrogens is 1. The van der Waals surface area contributed by atoms with E-state index >= 15 is 0 Å². The highest BCUT2D eigenvalue weighted by molar-refractivity contribution is 5.28. The first-order valence-electron chi connectivity index (χ1n) is 11.4. The summed E-state index contributed by atoms with van der Waals surface area (Å²) in [5.74, 6) is 0.475. The molecule has 0 bridgehead atoms. The molecule has 158 valence electrons. The molecular weight excluding hydrogens is 348 g/mol. The first-order chi connectivity index (χ1) is 13.8. The van der Waals surface area contributed by atoms with E-state index in [2.05, 4.69) is 11.9 Å². The summed E-state index contributed by atoms with van der Waals surface area (Å²) < 4.78 is 5.71. The summed E-state index contributed by atoms with van der Waals surface area (Å²) in [7, 11) is 0.